The minimum absolute atomic E-state index is 0.0981. The van der Waals surface area contributed by atoms with Gasteiger partial charge in [0.1, 0.15) is 6.17 Å². The van der Waals surface area contributed by atoms with Crippen molar-refractivity contribution in [1.29, 1.82) is 0 Å². The number of carbonyl (C=O) groups is 1. The molecule has 1 aromatic rings. The van der Waals surface area contributed by atoms with Crippen molar-refractivity contribution in [3.05, 3.63) is 33.9 Å². The Balaban J connectivity index is 2.11. The molecule has 1 saturated heterocycles. The van der Waals surface area contributed by atoms with Crippen LogP contribution >= 0.6 is 11.3 Å². The van der Waals surface area contributed by atoms with Crippen LogP contribution in [0.2, 0.25) is 0 Å². The Bertz CT molecular complexity index is 472. The van der Waals surface area contributed by atoms with E-state index in [1.54, 1.807) is 25.3 Å². The van der Waals surface area contributed by atoms with E-state index in [1.165, 1.54) is 5.06 Å². The Kier molecular flexibility index (Phi) is 4.41. The number of likely N-dealkylation sites (N-methyl/N-ethyl adjacent to an activating group) is 1. The number of nitrogens with zero attached hydrogens (tertiary/aromatic N) is 1. The van der Waals surface area contributed by atoms with Gasteiger partial charge in [-0.2, -0.15) is 0 Å². The largest absolute Gasteiger partial charge is 0.481 e. The molecule has 1 aromatic heterocycles. The van der Waals surface area contributed by atoms with Gasteiger partial charge < -0.3 is 14.7 Å². The van der Waals surface area contributed by atoms with Crippen LogP contribution in [0, 0.1) is 0 Å². The molecule has 1 aliphatic rings. The highest BCUT2D eigenvalue weighted by molar-refractivity contribution is 7.09. The summed E-state index contributed by atoms with van der Waals surface area (Å²) in [7, 11) is 1.62. The zero-order chi connectivity index (χ0) is 13.8. The summed E-state index contributed by atoms with van der Waals surface area (Å²) in [5.74, 6) is -0.988. The first kappa shape index (κ1) is 13.9. The van der Waals surface area contributed by atoms with Crippen LogP contribution in [0.25, 0.3) is 0 Å². The summed E-state index contributed by atoms with van der Waals surface area (Å²) in [6.45, 7) is 2.59. The van der Waals surface area contributed by atoms with Crippen LogP contribution in [0.1, 0.15) is 11.8 Å². The number of hydroxylamine groups is 2. The highest BCUT2D eigenvalue weighted by Crippen LogP contribution is 2.22. The Morgan fingerprint density at radius 2 is 2.47 bits per heavy atom. The molecule has 0 aliphatic carbocycles. The van der Waals surface area contributed by atoms with Gasteiger partial charge in [-0.15, -0.1) is 16.4 Å². The SMILES string of the molecule is CCO/C(O)=C1\C(=O)ON(C)C1NCc1cccs1. The maximum atomic E-state index is 11.7. The van der Waals surface area contributed by atoms with Crippen molar-refractivity contribution < 1.29 is 19.5 Å². The highest BCUT2D eigenvalue weighted by Gasteiger charge is 2.39. The van der Waals surface area contributed by atoms with Gasteiger partial charge in [-0.1, -0.05) is 6.07 Å². The van der Waals surface area contributed by atoms with Gasteiger partial charge in [0.2, 0.25) is 0 Å². The Hall–Kier alpha value is -1.57. The van der Waals surface area contributed by atoms with Gasteiger partial charge in [0, 0.05) is 18.5 Å². The first-order valence-corrected chi connectivity index (χ1v) is 6.78. The molecule has 0 aromatic carbocycles. The first-order chi connectivity index (χ1) is 9.13. The molecule has 0 bridgehead atoms. The van der Waals surface area contributed by atoms with Gasteiger partial charge >= 0.3 is 5.97 Å². The summed E-state index contributed by atoms with van der Waals surface area (Å²) in [5, 5.41) is 16.2. The van der Waals surface area contributed by atoms with Gasteiger partial charge in [-0.3, -0.25) is 5.32 Å². The number of aliphatic hydroxyl groups excluding tert-OH is 1. The van der Waals surface area contributed by atoms with Crippen molar-refractivity contribution >= 4 is 17.3 Å². The second kappa shape index (κ2) is 6.05. The lowest BCUT2D eigenvalue weighted by Gasteiger charge is -2.17. The van der Waals surface area contributed by atoms with Crippen LogP contribution in [-0.4, -0.2) is 36.0 Å². The fourth-order valence-corrected chi connectivity index (χ4v) is 2.44. The minimum atomic E-state index is -0.600. The fourth-order valence-electron chi connectivity index (χ4n) is 1.79. The van der Waals surface area contributed by atoms with Crippen molar-refractivity contribution in [3.8, 4) is 0 Å². The van der Waals surface area contributed by atoms with Crippen molar-refractivity contribution in [3.63, 3.8) is 0 Å². The van der Waals surface area contributed by atoms with Crippen LogP contribution in [0.3, 0.4) is 0 Å². The van der Waals surface area contributed by atoms with E-state index in [0.29, 0.717) is 6.54 Å². The van der Waals surface area contributed by atoms with E-state index in [2.05, 4.69) is 5.32 Å². The molecular formula is C12H16N2O4S. The van der Waals surface area contributed by atoms with Gasteiger partial charge in [0.25, 0.3) is 5.95 Å². The fraction of sp³-hybridized carbons (Fsp3) is 0.417. The summed E-state index contributed by atoms with van der Waals surface area (Å²) < 4.78 is 4.98. The van der Waals surface area contributed by atoms with Gasteiger partial charge in [-0.05, 0) is 18.4 Å². The quantitative estimate of drug-likeness (QED) is 0.628. The summed E-state index contributed by atoms with van der Waals surface area (Å²) in [5.41, 5.74) is 0.0981. The predicted octanol–water partition coefficient (Wildman–Crippen LogP) is 1.37. The van der Waals surface area contributed by atoms with Crippen LogP contribution < -0.4 is 5.32 Å². The molecule has 1 aliphatic heterocycles. The van der Waals surface area contributed by atoms with E-state index >= 15 is 0 Å². The summed E-state index contributed by atoms with van der Waals surface area (Å²) >= 11 is 1.61. The standard InChI is InChI=1S/C12H16N2O4S/c1-3-17-11(15)9-10(14(2)18-12(9)16)13-7-8-5-4-6-19-8/h4-6,10,13,15H,3,7H2,1-2H3/b11-9-. The molecule has 6 nitrogen and oxygen atoms in total. The summed E-state index contributed by atoms with van der Waals surface area (Å²) in [6.07, 6.45) is -0.527. The van der Waals surface area contributed by atoms with Gasteiger partial charge in [0.05, 0.1) is 6.61 Å². The third kappa shape index (κ3) is 3.06. The summed E-state index contributed by atoms with van der Waals surface area (Å²) in [4.78, 5) is 17.8. The first-order valence-electron chi connectivity index (χ1n) is 5.90. The van der Waals surface area contributed by atoms with E-state index in [1.807, 2.05) is 17.5 Å². The van der Waals surface area contributed by atoms with E-state index in [9.17, 15) is 9.90 Å². The normalized spacial score (nSPS) is 22.4. The van der Waals surface area contributed by atoms with Gasteiger partial charge in [0.15, 0.2) is 5.57 Å². The molecule has 2 N–H and O–H groups in total. The van der Waals surface area contributed by atoms with Crippen molar-refractivity contribution in [1.82, 2.24) is 10.4 Å². The molecule has 1 fully saturated rings. The average molecular weight is 284 g/mol. The number of carbonyl (C=O) groups excluding carboxylic acids is 1. The highest BCUT2D eigenvalue weighted by atomic mass is 32.1. The van der Waals surface area contributed by atoms with E-state index in [0.717, 1.165) is 4.88 Å². The molecule has 2 rings (SSSR count). The second-order valence-electron chi connectivity index (χ2n) is 3.94. The van der Waals surface area contributed by atoms with Crippen molar-refractivity contribution in [2.24, 2.45) is 0 Å². The molecule has 0 spiro atoms. The third-order valence-electron chi connectivity index (χ3n) is 2.65. The topological polar surface area (TPSA) is 71.0 Å². The molecule has 19 heavy (non-hydrogen) atoms. The summed E-state index contributed by atoms with van der Waals surface area (Å²) in [6, 6.07) is 3.94. The number of thiophene rings is 1. The van der Waals surface area contributed by atoms with Crippen molar-refractivity contribution in [2.75, 3.05) is 13.7 Å². The molecule has 104 valence electrons. The smallest absolute Gasteiger partial charge is 0.363 e. The number of hydrogen-bond acceptors (Lipinski definition) is 7. The van der Waals surface area contributed by atoms with Crippen LogP contribution in [0.15, 0.2) is 29.0 Å². The lowest BCUT2D eigenvalue weighted by molar-refractivity contribution is -0.169. The average Bonchev–Trinajstić information content (AvgIpc) is 2.95. The molecule has 2 heterocycles. The molecular weight excluding hydrogens is 268 g/mol. The molecule has 1 atom stereocenters. The molecule has 0 amide bonds. The number of aliphatic hydroxyl groups is 1. The number of rotatable bonds is 5. The molecule has 0 radical (unpaired) electrons. The Labute approximate surface area is 115 Å². The minimum Gasteiger partial charge on any atom is -0.481 e. The number of ether oxygens (including phenoxy) is 1. The monoisotopic (exact) mass is 284 g/mol. The van der Waals surface area contributed by atoms with Crippen LogP contribution in [0.5, 0.6) is 0 Å². The Morgan fingerprint density at radius 3 is 3.11 bits per heavy atom. The van der Waals surface area contributed by atoms with Gasteiger partial charge in [-0.25, -0.2) is 4.79 Å². The Morgan fingerprint density at radius 1 is 1.68 bits per heavy atom. The van der Waals surface area contributed by atoms with Crippen LogP contribution in [0.4, 0.5) is 0 Å². The number of hydrogen-bond donors (Lipinski definition) is 2. The maximum Gasteiger partial charge on any atom is 0.363 e. The lowest BCUT2D eigenvalue weighted by Crippen LogP contribution is -2.39. The van der Waals surface area contributed by atoms with E-state index in [4.69, 9.17) is 9.57 Å². The van der Waals surface area contributed by atoms with E-state index in [-0.39, 0.29) is 18.1 Å². The van der Waals surface area contributed by atoms with Crippen molar-refractivity contribution in [2.45, 2.75) is 19.6 Å². The lowest BCUT2D eigenvalue weighted by atomic mass is 10.2. The molecule has 0 saturated carbocycles. The van der Waals surface area contributed by atoms with E-state index < -0.39 is 12.1 Å². The second-order valence-corrected chi connectivity index (χ2v) is 4.97. The predicted molar refractivity (Wildman–Crippen MR) is 70.1 cm³/mol. The zero-order valence-electron chi connectivity index (χ0n) is 10.8. The molecule has 1 unspecified atom stereocenters. The molecule has 7 heteroatoms. The van der Waals surface area contributed by atoms with Crippen LogP contribution in [-0.2, 0) is 20.9 Å². The maximum absolute atomic E-state index is 11.7. The number of nitrogens with one attached hydrogen (secondary N) is 1. The third-order valence-corrected chi connectivity index (χ3v) is 3.52. The zero-order valence-corrected chi connectivity index (χ0v) is 11.6.